The van der Waals surface area contributed by atoms with Gasteiger partial charge in [0, 0.05) is 37.0 Å². The number of para-hydroxylation sites is 1. The van der Waals surface area contributed by atoms with Crippen LogP contribution in [0.15, 0.2) is 60.9 Å². The van der Waals surface area contributed by atoms with Crippen LogP contribution in [0.25, 0.3) is 16.5 Å². The number of H-pyrrole nitrogens is 1. The van der Waals surface area contributed by atoms with Crippen LogP contribution in [0.5, 0.6) is 0 Å². The van der Waals surface area contributed by atoms with Crippen LogP contribution in [0.4, 0.5) is 0 Å². The number of hydrogen-bond donors (Lipinski definition) is 3. The van der Waals surface area contributed by atoms with E-state index in [-0.39, 0.29) is 11.8 Å². The minimum absolute atomic E-state index is 0.0719. The highest BCUT2D eigenvalue weighted by Gasteiger charge is 2.30. The number of rotatable bonds is 7. The largest absolute Gasteiger partial charge is 0.473 e. The first-order chi connectivity index (χ1) is 18.4. The third-order valence-electron chi connectivity index (χ3n) is 7.54. The summed E-state index contributed by atoms with van der Waals surface area (Å²) in [6.45, 7) is 2.92. The number of Topliss-reactive ketones (excluding diaryl/α,β-unsaturated/α-hetero) is 1. The molecule has 8 heteroatoms. The third-order valence-corrected chi connectivity index (χ3v) is 7.54. The Hall–Kier alpha value is -3.78. The van der Waals surface area contributed by atoms with Crippen LogP contribution in [0, 0.1) is 5.92 Å². The number of ketones is 1. The summed E-state index contributed by atoms with van der Waals surface area (Å²) in [5.41, 5.74) is 4.94. The number of aliphatic carboxylic acids is 2. The van der Waals surface area contributed by atoms with Crippen LogP contribution in [0.2, 0.25) is 0 Å². The van der Waals surface area contributed by atoms with Crippen LogP contribution in [-0.2, 0) is 14.4 Å². The number of fused-ring (bicyclic) bond motifs is 1. The van der Waals surface area contributed by atoms with E-state index in [9.17, 15) is 4.79 Å². The number of carboxylic acid groups (broad SMARTS) is 2. The highest BCUT2D eigenvalue weighted by atomic mass is 16.4. The molecule has 3 aromatic rings. The van der Waals surface area contributed by atoms with Gasteiger partial charge in [0.1, 0.15) is 5.78 Å². The normalized spacial score (nSPS) is 17.2. The van der Waals surface area contributed by atoms with Gasteiger partial charge in [-0.25, -0.2) is 9.59 Å². The lowest BCUT2D eigenvalue weighted by Crippen LogP contribution is -2.33. The molecule has 1 fully saturated rings. The first kappa shape index (κ1) is 27.3. The molecule has 3 heterocycles. The van der Waals surface area contributed by atoms with Gasteiger partial charge in [-0.3, -0.25) is 14.7 Å². The molecule has 0 amide bonds. The van der Waals surface area contributed by atoms with Crippen molar-refractivity contribution in [2.75, 3.05) is 19.6 Å². The molecule has 1 unspecified atom stereocenters. The summed E-state index contributed by atoms with van der Waals surface area (Å²) in [6.07, 6.45) is 13.9. The van der Waals surface area contributed by atoms with Crippen LogP contribution in [0.1, 0.15) is 62.1 Å². The van der Waals surface area contributed by atoms with E-state index in [1.807, 2.05) is 30.6 Å². The number of nitrogens with one attached hydrogen (secondary N) is 1. The van der Waals surface area contributed by atoms with Crippen LogP contribution in [0.3, 0.4) is 0 Å². The van der Waals surface area contributed by atoms with E-state index in [1.165, 1.54) is 41.3 Å². The molecule has 1 aliphatic carbocycles. The molecule has 3 N–H and O–H groups in total. The Morgan fingerprint density at radius 2 is 1.79 bits per heavy atom. The SMILES string of the molecule is O=C(C1CCCCC1)C(CCN1CC=C(c2cccc3cc[nH]c23)CC1)c1ccccn1.O=C(O)C(=O)O. The van der Waals surface area contributed by atoms with Gasteiger partial charge in [-0.05, 0) is 61.4 Å². The highest BCUT2D eigenvalue weighted by molar-refractivity contribution is 6.27. The molecule has 0 spiro atoms. The summed E-state index contributed by atoms with van der Waals surface area (Å²) in [6, 6.07) is 14.7. The van der Waals surface area contributed by atoms with Gasteiger partial charge in [0.2, 0.25) is 0 Å². The van der Waals surface area contributed by atoms with Gasteiger partial charge in [0.05, 0.1) is 17.1 Å². The van der Waals surface area contributed by atoms with Crippen LogP contribution in [-0.4, -0.2) is 62.4 Å². The molecular weight excluding hydrogens is 482 g/mol. The van der Waals surface area contributed by atoms with Crippen molar-refractivity contribution < 1.29 is 24.6 Å². The van der Waals surface area contributed by atoms with E-state index in [1.54, 1.807) is 0 Å². The first-order valence-corrected chi connectivity index (χ1v) is 13.3. The number of nitrogens with zero attached hydrogens (tertiary/aromatic N) is 2. The lowest BCUT2D eigenvalue weighted by atomic mass is 9.79. The fraction of sp³-hybridized carbons (Fsp3) is 0.400. The zero-order chi connectivity index (χ0) is 26.9. The Morgan fingerprint density at radius 3 is 2.45 bits per heavy atom. The van der Waals surface area contributed by atoms with E-state index < -0.39 is 11.9 Å². The molecule has 8 nitrogen and oxygen atoms in total. The van der Waals surface area contributed by atoms with Crippen molar-refractivity contribution in [2.45, 2.75) is 50.9 Å². The fourth-order valence-corrected chi connectivity index (χ4v) is 5.51. The van der Waals surface area contributed by atoms with Crippen molar-refractivity contribution in [3.05, 3.63) is 72.2 Å². The summed E-state index contributed by atoms with van der Waals surface area (Å²) in [5, 5.41) is 16.1. The highest BCUT2D eigenvalue weighted by Crippen LogP contribution is 2.32. The molecule has 5 rings (SSSR count). The number of hydrogen-bond acceptors (Lipinski definition) is 5. The van der Waals surface area contributed by atoms with Crippen molar-refractivity contribution in [3.63, 3.8) is 0 Å². The van der Waals surface area contributed by atoms with Gasteiger partial charge >= 0.3 is 11.9 Å². The van der Waals surface area contributed by atoms with E-state index in [0.29, 0.717) is 5.78 Å². The summed E-state index contributed by atoms with van der Waals surface area (Å²) in [7, 11) is 0. The minimum Gasteiger partial charge on any atom is -0.473 e. The van der Waals surface area contributed by atoms with Crippen molar-refractivity contribution in [1.82, 2.24) is 14.9 Å². The van der Waals surface area contributed by atoms with Crippen LogP contribution < -0.4 is 0 Å². The number of aromatic nitrogens is 2. The second kappa shape index (κ2) is 13.1. The Balaban J connectivity index is 0.000000505. The Kier molecular flexibility index (Phi) is 9.43. The molecule has 1 aromatic carbocycles. The molecule has 0 radical (unpaired) electrons. The number of pyridine rings is 1. The number of carbonyl (C=O) groups excluding carboxylic acids is 1. The van der Waals surface area contributed by atoms with Crippen molar-refractivity contribution in [1.29, 1.82) is 0 Å². The standard InChI is InChI=1S/C28H33N3O.C2H2O4/c32-28(23-7-2-1-3-8-23)25(26-11-4-5-16-29-26)15-20-31-18-13-21(14-19-31)24-10-6-9-22-12-17-30-27(22)24;3-1(4)2(5)6/h4-6,9-13,16-17,23,25,30H,1-3,7-8,14-15,18-20H2;(H,3,4)(H,5,6). The maximum atomic E-state index is 13.4. The number of benzene rings is 1. The van der Waals surface area contributed by atoms with Crippen molar-refractivity contribution in [3.8, 4) is 0 Å². The Labute approximate surface area is 222 Å². The topological polar surface area (TPSA) is 124 Å². The molecule has 1 saturated carbocycles. The van der Waals surface area contributed by atoms with E-state index in [4.69, 9.17) is 19.8 Å². The Bertz CT molecular complexity index is 1270. The first-order valence-electron chi connectivity index (χ1n) is 13.3. The van der Waals surface area contributed by atoms with E-state index in [0.717, 1.165) is 51.0 Å². The second-order valence-electron chi connectivity index (χ2n) is 9.97. The van der Waals surface area contributed by atoms with Gasteiger partial charge in [-0.1, -0.05) is 49.6 Å². The predicted octanol–water partition coefficient (Wildman–Crippen LogP) is 5.13. The Morgan fingerprint density at radius 1 is 1.00 bits per heavy atom. The minimum atomic E-state index is -1.82. The smallest absolute Gasteiger partial charge is 0.414 e. The van der Waals surface area contributed by atoms with E-state index in [2.05, 4.69) is 45.2 Å². The number of carboxylic acids is 2. The molecule has 0 saturated heterocycles. The molecule has 200 valence electrons. The zero-order valence-electron chi connectivity index (χ0n) is 21.5. The number of aromatic amines is 1. The summed E-state index contributed by atoms with van der Waals surface area (Å²) in [5.74, 6) is -3.07. The second-order valence-corrected chi connectivity index (χ2v) is 9.97. The molecular formula is C30H35N3O5. The monoisotopic (exact) mass is 517 g/mol. The van der Waals surface area contributed by atoms with Gasteiger partial charge in [0.25, 0.3) is 0 Å². The molecule has 1 aliphatic heterocycles. The van der Waals surface area contributed by atoms with E-state index >= 15 is 0 Å². The summed E-state index contributed by atoms with van der Waals surface area (Å²) < 4.78 is 0. The van der Waals surface area contributed by atoms with Gasteiger partial charge in [-0.15, -0.1) is 0 Å². The zero-order valence-corrected chi connectivity index (χ0v) is 21.5. The summed E-state index contributed by atoms with van der Waals surface area (Å²) >= 11 is 0. The van der Waals surface area contributed by atoms with Gasteiger partial charge in [-0.2, -0.15) is 0 Å². The third kappa shape index (κ3) is 6.95. The maximum absolute atomic E-state index is 13.4. The fourth-order valence-electron chi connectivity index (χ4n) is 5.51. The van der Waals surface area contributed by atoms with Crippen LogP contribution >= 0.6 is 0 Å². The van der Waals surface area contributed by atoms with Gasteiger partial charge in [0.15, 0.2) is 0 Å². The molecule has 2 aromatic heterocycles. The van der Waals surface area contributed by atoms with Crippen molar-refractivity contribution in [2.24, 2.45) is 5.92 Å². The summed E-state index contributed by atoms with van der Waals surface area (Å²) in [4.78, 5) is 42.1. The lowest BCUT2D eigenvalue weighted by molar-refractivity contribution is -0.159. The molecule has 1 atom stereocenters. The number of carbonyl (C=O) groups is 3. The molecule has 2 aliphatic rings. The lowest BCUT2D eigenvalue weighted by Gasteiger charge is -2.29. The van der Waals surface area contributed by atoms with Crippen molar-refractivity contribution >= 4 is 34.2 Å². The molecule has 38 heavy (non-hydrogen) atoms. The maximum Gasteiger partial charge on any atom is 0.414 e. The quantitative estimate of drug-likeness (QED) is 0.371. The average molecular weight is 518 g/mol. The average Bonchev–Trinajstić information content (AvgIpc) is 3.44. The molecule has 0 bridgehead atoms. The predicted molar refractivity (Wildman–Crippen MR) is 146 cm³/mol. The van der Waals surface area contributed by atoms with Gasteiger partial charge < -0.3 is 15.2 Å².